The molecule has 2 heterocycles. The van der Waals surface area contributed by atoms with Crippen LogP contribution < -0.4 is 15.4 Å². The summed E-state index contributed by atoms with van der Waals surface area (Å²) in [7, 11) is 1.56. The molecule has 0 radical (unpaired) electrons. The molecule has 1 atom stereocenters. The maximum Gasteiger partial charge on any atom is 0.271 e. The fourth-order valence-electron chi connectivity index (χ4n) is 1.72. The zero-order valence-electron chi connectivity index (χ0n) is 9.77. The van der Waals surface area contributed by atoms with Gasteiger partial charge in [-0.25, -0.2) is 0 Å². The number of nitrogens with zero attached hydrogens (tertiary/aromatic N) is 2. The van der Waals surface area contributed by atoms with Crippen molar-refractivity contribution in [1.82, 2.24) is 20.8 Å². The number of rotatable bonds is 3. The number of piperidine rings is 1. The van der Waals surface area contributed by atoms with Crippen LogP contribution in [0.4, 0.5) is 0 Å². The van der Waals surface area contributed by atoms with E-state index in [0.29, 0.717) is 11.6 Å². The summed E-state index contributed by atoms with van der Waals surface area (Å²) in [4.78, 5) is 11.3. The first-order chi connectivity index (χ1) is 8.29. The summed E-state index contributed by atoms with van der Waals surface area (Å²) in [5.74, 6) is 0.217. The lowest BCUT2D eigenvalue weighted by Crippen LogP contribution is -2.37. The van der Waals surface area contributed by atoms with Gasteiger partial charge in [-0.3, -0.25) is 4.79 Å². The lowest BCUT2D eigenvalue weighted by atomic mass is 10.1. The molecule has 92 valence electrons. The Morgan fingerprint density at radius 1 is 1.53 bits per heavy atom. The van der Waals surface area contributed by atoms with Gasteiger partial charge in [-0.2, -0.15) is 0 Å². The minimum atomic E-state index is -0.247. The molecule has 1 saturated heterocycles. The third kappa shape index (κ3) is 3.13. The quantitative estimate of drug-likeness (QED) is 0.770. The summed E-state index contributed by atoms with van der Waals surface area (Å²) >= 11 is 0. The predicted molar refractivity (Wildman–Crippen MR) is 61.9 cm³/mol. The fraction of sp³-hybridized carbons (Fsp3) is 0.545. The number of ether oxygens (including phenoxy) is 1. The first kappa shape index (κ1) is 11.8. The molecule has 6 heteroatoms. The number of hydrogen-bond donors (Lipinski definition) is 2. The number of carbonyl (C=O) groups excluding carboxylic acids is 1. The molecule has 0 bridgehead atoms. The number of nitrogens with one attached hydrogen (secondary N) is 2. The first-order valence-corrected chi connectivity index (χ1v) is 5.73. The van der Waals surface area contributed by atoms with Crippen LogP contribution >= 0.6 is 0 Å². The normalized spacial score (nSPS) is 19.7. The Bertz CT molecular complexity index is 374. The van der Waals surface area contributed by atoms with Gasteiger partial charge in [0.1, 0.15) is 6.10 Å². The molecule has 1 fully saturated rings. The smallest absolute Gasteiger partial charge is 0.271 e. The molecule has 2 rings (SSSR count). The van der Waals surface area contributed by atoms with Crippen LogP contribution in [0.1, 0.15) is 23.3 Å². The minimum Gasteiger partial charge on any atom is -0.472 e. The molecule has 1 aromatic rings. The second-order valence-electron chi connectivity index (χ2n) is 3.92. The average molecular weight is 236 g/mol. The van der Waals surface area contributed by atoms with E-state index >= 15 is 0 Å². The predicted octanol–water partition coefficient (Wildman–Crippen LogP) is -0.0330. The standard InChI is InChI=1S/C11H16N4O2/c1-12-11(16)9-4-5-10(15-14-9)17-8-3-2-6-13-7-8/h4-5,8,13H,2-3,6-7H2,1H3,(H,12,16). The molecule has 1 aliphatic heterocycles. The van der Waals surface area contributed by atoms with E-state index in [0.717, 1.165) is 25.9 Å². The van der Waals surface area contributed by atoms with Gasteiger partial charge >= 0.3 is 0 Å². The lowest BCUT2D eigenvalue weighted by molar-refractivity contribution is 0.0956. The second kappa shape index (κ2) is 5.58. The topological polar surface area (TPSA) is 76.1 Å². The van der Waals surface area contributed by atoms with Crippen molar-refractivity contribution in [1.29, 1.82) is 0 Å². The number of hydrogen-bond acceptors (Lipinski definition) is 5. The molecule has 0 aliphatic carbocycles. The molecule has 0 saturated carbocycles. The molecule has 1 aromatic heterocycles. The van der Waals surface area contributed by atoms with Crippen LogP contribution in [0, 0.1) is 0 Å². The van der Waals surface area contributed by atoms with Crippen molar-refractivity contribution in [3.8, 4) is 5.88 Å². The Morgan fingerprint density at radius 2 is 2.41 bits per heavy atom. The van der Waals surface area contributed by atoms with Crippen molar-refractivity contribution in [3.05, 3.63) is 17.8 Å². The largest absolute Gasteiger partial charge is 0.472 e. The Morgan fingerprint density at radius 3 is 3.00 bits per heavy atom. The van der Waals surface area contributed by atoms with Crippen molar-refractivity contribution in [2.24, 2.45) is 0 Å². The van der Waals surface area contributed by atoms with Gasteiger partial charge in [-0.1, -0.05) is 0 Å². The van der Waals surface area contributed by atoms with E-state index in [1.807, 2.05) is 0 Å². The van der Waals surface area contributed by atoms with E-state index in [4.69, 9.17) is 4.74 Å². The lowest BCUT2D eigenvalue weighted by Gasteiger charge is -2.22. The van der Waals surface area contributed by atoms with Gasteiger partial charge < -0.3 is 15.4 Å². The Hall–Kier alpha value is -1.69. The third-order valence-corrected chi connectivity index (χ3v) is 2.64. The summed E-state index contributed by atoms with van der Waals surface area (Å²) in [5.41, 5.74) is 0.293. The highest BCUT2D eigenvalue weighted by molar-refractivity contribution is 5.91. The van der Waals surface area contributed by atoms with Gasteiger partial charge in [0.05, 0.1) is 0 Å². The van der Waals surface area contributed by atoms with Crippen LogP contribution in [-0.4, -0.2) is 42.3 Å². The van der Waals surface area contributed by atoms with Crippen molar-refractivity contribution < 1.29 is 9.53 Å². The summed E-state index contributed by atoms with van der Waals surface area (Å²) in [6.07, 6.45) is 2.27. The van der Waals surface area contributed by atoms with E-state index in [1.165, 1.54) is 0 Å². The van der Waals surface area contributed by atoms with E-state index in [9.17, 15) is 4.79 Å². The zero-order chi connectivity index (χ0) is 12.1. The Balaban J connectivity index is 1.95. The van der Waals surface area contributed by atoms with Crippen LogP contribution in [-0.2, 0) is 0 Å². The molecule has 0 spiro atoms. The second-order valence-corrected chi connectivity index (χ2v) is 3.92. The summed E-state index contributed by atoms with van der Waals surface area (Å²) in [5, 5.41) is 13.4. The Kier molecular flexibility index (Phi) is 3.87. The number of aromatic nitrogens is 2. The van der Waals surface area contributed by atoms with Crippen LogP contribution in [0.3, 0.4) is 0 Å². The minimum absolute atomic E-state index is 0.143. The van der Waals surface area contributed by atoms with Crippen LogP contribution in [0.5, 0.6) is 5.88 Å². The van der Waals surface area contributed by atoms with E-state index in [2.05, 4.69) is 20.8 Å². The molecule has 1 amide bonds. The van der Waals surface area contributed by atoms with E-state index in [-0.39, 0.29) is 12.0 Å². The van der Waals surface area contributed by atoms with Gasteiger partial charge in [-0.05, 0) is 25.5 Å². The Labute approximate surface area is 99.8 Å². The van der Waals surface area contributed by atoms with Crippen LogP contribution in [0.15, 0.2) is 12.1 Å². The molecule has 1 aliphatic rings. The van der Waals surface area contributed by atoms with E-state index < -0.39 is 0 Å². The van der Waals surface area contributed by atoms with Gasteiger partial charge in [0.25, 0.3) is 5.91 Å². The molecular formula is C11H16N4O2. The van der Waals surface area contributed by atoms with Gasteiger partial charge in [0, 0.05) is 19.7 Å². The van der Waals surface area contributed by atoms with E-state index in [1.54, 1.807) is 19.2 Å². The van der Waals surface area contributed by atoms with Crippen LogP contribution in [0.2, 0.25) is 0 Å². The SMILES string of the molecule is CNC(=O)c1ccc(OC2CCCNC2)nn1. The molecular weight excluding hydrogens is 220 g/mol. The highest BCUT2D eigenvalue weighted by Gasteiger charge is 2.15. The maximum absolute atomic E-state index is 11.3. The average Bonchev–Trinajstić information content (AvgIpc) is 2.40. The van der Waals surface area contributed by atoms with Crippen molar-refractivity contribution in [2.45, 2.75) is 18.9 Å². The first-order valence-electron chi connectivity index (χ1n) is 5.73. The summed E-state index contributed by atoms with van der Waals surface area (Å²) < 4.78 is 5.66. The highest BCUT2D eigenvalue weighted by atomic mass is 16.5. The van der Waals surface area contributed by atoms with Crippen molar-refractivity contribution in [3.63, 3.8) is 0 Å². The number of amides is 1. The van der Waals surface area contributed by atoms with Crippen molar-refractivity contribution >= 4 is 5.91 Å². The van der Waals surface area contributed by atoms with Crippen LogP contribution in [0.25, 0.3) is 0 Å². The summed E-state index contributed by atoms with van der Waals surface area (Å²) in [6, 6.07) is 3.28. The van der Waals surface area contributed by atoms with Gasteiger partial charge in [-0.15, -0.1) is 10.2 Å². The highest BCUT2D eigenvalue weighted by Crippen LogP contribution is 2.12. The zero-order valence-corrected chi connectivity index (χ0v) is 9.77. The molecule has 6 nitrogen and oxygen atoms in total. The monoisotopic (exact) mass is 236 g/mol. The maximum atomic E-state index is 11.3. The fourth-order valence-corrected chi connectivity index (χ4v) is 1.72. The summed E-state index contributed by atoms with van der Waals surface area (Å²) in [6.45, 7) is 1.88. The molecule has 1 unspecified atom stereocenters. The number of carbonyl (C=O) groups is 1. The van der Waals surface area contributed by atoms with Crippen molar-refractivity contribution in [2.75, 3.05) is 20.1 Å². The van der Waals surface area contributed by atoms with Gasteiger partial charge in [0.2, 0.25) is 5.88 Å². The molecule has 17 heavy (non-hydrogen) atoms. The molecule has 0 aromatic carbocycles. The molecule has 2 N–H and O–H groups in total. The third-order valence-electron chi connectivity index (χ3n) is 2.64. The van der Waals surface area contributed by atoms with Gasteiger partial charge in [0.15, 0.2) is 5.69 Å².